The Balaban J connectivity index is 2.25. The summed E-state index contributed by atoms with van der Waals surface area (Å²) in [6.07, 6.45) is 5.58. The highest BCUT2D eigenvalue weighted by Gasteiger charge is 2.20. The van der Waals surface area contributed by atoms with E-state index in [4.69, 9.17) is 10.8 Å². The van der Waals surface area contributed by atoms with Crippen LogP contribution in [0.25, 0.3) is 0 Å². The van der Waals surface area contributed by atoms with Crippen molar-refractivity contribution in [2.24, 2.45) is 5.73 Å². The first-order valence-electron chi connectivity index (χ1n) is 7.23. The van der Waals surface area contributed by atoms with Gasteiger partial charge in [0, 0.05) is 31.4 Å². The lowest BCUT2D eigenvalue weighted by molar-refractivity contribution is -0.697. The van der Waals surface area contributed by atoms with Gasteiger partial charge < -0.3 is 16.2 Å². The molecule has 22 heavy (non-hydrogen) atoms. The average molecular weight is 308 g/mol. The van der Waals surface area contributed by atoms with Gasteiger partial charge in [-0.3, -0.25) is 9.59 Å². The van der Waals surface area contributed by atoms with Gasteiger partial charge >= 0.3 is 5.97 Å². The van der Waals surface area contributed by atoms with Crippen LogP contribution in [0.3, 0.4) is 0 Å². The number of nitrogens with two attached hydrogens (primary N) is 1. The Kier molecular flexibility index (Phi) is 7.60. The summed E-state index contributed by atoms with van der Waals surface area (Å²) in [4.78, 5) is 33.4. The van der Waals surface area contributed by atoms with Gasteiger partial charge in [-0.05, 0) is 12.8 Å². The van der Waals surface area contributed by atoms with Crippen LogP contribution in [0.2, 0.25) is 0 Å². The number of nitrogens with one attached hydrogen (secondary N) is 1. The number of unbranched alkanes of at least 4 members (excludes halogenated alkanes) is 1. The summed E-state index contributed by atoms with van der Waals surface area (Å²) >= 11 is 0. The van der Waals surface area contributed by atoms with Crippen LogP contribution in [-0.2, 0) is 20.9 Å². The number of carbonyl (C=O) groups excluding carboxylic acids is 2. The lowest BCUT2D eigenvalue weighted by Crippen LogP contribution is -2.41. The number of rotatable bonds is 10. The second-order valence-electron chi connectivity index (χ2n) is 5.03. The summed E-state index contributed by atoms with van der Waals surface area (Å²) in [5.41, 5.74) is 4.98. The molecule has 4 N–H and O–H groups in total. The first-order valence-corrected chi connectivity index (χ1v) is 7.23. The first-order chi connectivity index (χ1) is 10.5. The monoisotopic (exact) mass is 308 g/mol. The number of nitrogens with zero attached hydrogens (tertiary/aromatic N) is 1. The molecule has 0 aromatic carbocycles. The lowest BCUT2D eigenvalue weighted by Gasteiger charge is -2.13. The fourth-order valence-corrected chi connectivity index (χ4v) is 1.97. The number of pyridine rings is 1. The van der Waals surface area contributed by atoms with Crippen LogP contribution in [0.15, 0.2) is 30.6 Å². The molecule has 7 nitrogen and oxygen atoms in total. The molecule has 1 atom stereocenters. The zero-order chi connectivity index (χ0) is 16.4. The molecule has 0 radical (unpaired) electrons. The molecular formula is C15H22N3O4+. The van der Waals surface area contributed by atoms with Crippen molar-refractivity contribution in [1.29, 1.82) is 0 Å². The smallest absolute Gasteiger partial charge is 0.326 e. The second kappa shape index (κ2) is 9.49. The minimum absolute atomic E-state index is 0.0102. The highest BCUT2D eigenvalue weighted by Crippen LogP contribution is 2.01. The molecule has 2 amide bonds. The van der Waals surface area contributed by atoms with E-state index in [1.807, 2.05) is 35.2 Å². The van der Waals surface area contributed by atoms with Gasteiger partial charge in [0.2, 0.25) is 11.8 Å². The molecule has 120 valence electrons. The molecule has 1 aromatic heterocycles. The molecule has 0 aliphatic carbocycles. The summed E-state index contributed by atoms with van der Waals surface area (Å²) in [7, 11) is 0. The van der Waals surface area contributed by atoms with Gasteiger partial charge in [0.15, 0.2) is 12.4 Å². The number of carboxylic acids is 1. The zero-order valence-corrected chi connectivity index (χ0v) is 12.4. The van der Waals surface area contributed by atoms with E-state index >= 15 is 0 Å². The van der Waals surface area contributed by atoms with E-state index in [1.165, 1.54) is 0 Å². The minimum Gasteiger partial charge on any atom is -0.480 e. The number of primary amides is 1. The van der Waals surface area contributed by atoms with E-state index in [2.05, 4.69) is 5.32 Å². The number of hydrogen-bond donors (Lipinski definition) is 3. The number of hydrogen-bond acceptors (Lipinski definition) is 3. The maximum atomic E-state index is 11.7. The molecule has 0 aliphatic rings. The number of aryl methyl sites for hydroxylation is 1. The fraction of sp³-hybridized carbons (Fsp3) is 0.467. The van der Waals surface area contributed by atoms with Gasteiger partial charge in [0.25, 0.3) is 0 Å². The molecule has 0 fully saturated rings. The maximum Gasteiger partial charge on any atom is 0.326 e. The number of aliphatic carboxylic acids is 1. The van der Waals surface area contributed by atoms with Crippen molar-refractivity contribution in [2.45, 2.75) is 44.7 Å². The Hall–Kier alpha value is -2.44. The van der Waals surface area contributed by atoms with E-state index in [1.54, 1.807) is 0 Å². The number of carboxylic acid groups (broad SMARTS) is 1. The van der Waals surface area contributed by atoms with E-state index in [0.717, 1.165) is 13.0 Å². The van der Waals surface area contributed by atoms with E-state index in [0.29, 0.717) is 6.42 Å². The van der Waals surface area contributed by atoms with E-state index < -0.39 is 17.9 Å². The Morgan fingerprint density at radius 3 is 2.36 bits per heavy atom. The number of amides is 2. The van der Waals surface area contributed by atoms with E-state index in [-0.39, 0.29) is 25.2 Å². The van der Waals surface area contributed by atoms with Crippen molar-refractivity contribution in [1.82, 2.24) is 5.32 Å². The largest absolute Gasteiger partial charge is 0.480 e. The van der Waals surface area contributed by atoms with Crippen LogP contribution in [0.4, 0.5) is 0 Å². The molecule has 1 rings (SSSR count). The third-order valence-electron chi connectivity index (χ3n) is 3.16. The molecule has 1 heterocycles. The van der Waals surface area contributed by atoms with Crippen LogP contribution < -0.4 is 15.6 Å². The topological polar surface area (TPSA) is 113 Å². The van der Waals surface area contributed by atoms with Crippen LogP contribution in [0.1, 0.15) is 32.1 Å². The first kappa shape index (κ1) is 17.6. The predicted octanol–water partition coefficient (Wildman–Crippen LogP) is -0.0207. The Labute approximate surface area is 129 Å². The molecule has 0 aliphatic heterocycles. The number of carbonyl (C=O) groups is 3. The SMILES string of the molecule is NC(=O)CCC(NC(=O)CCCC[n+]1ccccc1)C(=O)O. The zero-order valence-electron chi connectivity index (χ0n) is 12.4. The molecule has 0 saturated heterocycles. The quantitative estimate of drug-likeness (QED) is 0.416. The Morgan fingerprint density at radius 2 is 1.77 bits per heavy atom. The average Bonchev–Trinajstić information content (AvgIpc) is 2.48. The van der Waals surface area contributed by atoms with Gasteiger partial charge in [0.1, 0.15) is 12.6 Å². The summed E-state index contributed by atoms with van der Waals surface area (Å²) in [6.45, 7) is 0.804. The molecule has 0 saturated carbocycles. The van der Waals surface area contributed by atoms with Crippen molar-refractivity contribution in [3.8, 4) is 0 Å². The van der Waals surface area contributed by atoms with Gasteiger partial charge in [0.05, 0.1) is 0 Å². The second-order valence-corrected chi connectivity index (χ2v) is 5.03. The summed E-state index contributed by atoms with van der Waals surface area (Å²) < 4.78 is 2.02. The van der Waals surface area contributed by atoms with E-state index in [9.17, 15) is 14.4 Å². The normalized spacial score (nSPS) is 11.6. The molecule has 1 unspecified atom stereocenters. The summed E-state index contributed by atoms with van der Waals surface area (Å²) in [5, 5.41) is 11.4. The molecule has 1 aromatic rings. The van der Waals surface area contributed by atoms with Crippen molar-refractivity contribution in [3.05, 3.63) is 30.6 Å². The highest BCUT2D eigenvalue weighted by atomic mass is 16.4. The van der Waals surface area contributed by atoms with Crippen LogP contribution in [0, 0.1) is 0 Å². The van der Waals surface area contributed by atoms with Crippen molar-refractivity contribution < 1.29 is 24.1 Å². The Morgan fingerprint density at radius 1 is 1.09 bits per heavy atom. The van der Waals surface area contributed by atoms with Gasteiger partial charge in [-0.25, -0.2) is 9.36 Å². The molecule has 0 bridgehead atoms. The molecule has 0 spiro atoms. The van der Waals surface area contributed by atoms with Gasteiger partial charge in [-0.2, -0.15) is 0 Å². The Bertz CT molecular complexity index is 505. The third-order valence-corrected chi connectivity index (χ3v) is 3.16. The standard InChI is InChI=1S/C15H21N3O4/c16-13(19)8-7-12(15(21)22)17-14(20)6-2-5-11-18-9-3-1-4-10-18/h1,3-4,9-10,12H,2,5-8,11H2,(H3-,16,17,19,20,21,22)/p+1. The number of aromatic nitrogens is 1. The predicted molar refractivity (Wildman–Crippen MR) is 78.5 cm³/mol. The summed E-state index contributed by atoms with van der Waals surface area (Å²) in [5.74, 6) is -2.07. The van der Waals surface area contributed by atoms with Gasteiger partial charge in [-0.1, -0.05) is 6.07 Å². The van der Waals surface area contributed by atoms with Crippen molar-refractivity contribution in [2.75, 3.05) is 0 Å². The van der Waals surface area contributed by atoms with Crippen LogP contribution in [0.5, 0.6) is 0 Å². The van der Waals surface area contributed by atoms with Crippen molar-refractivity contribution >= 4 is 17.8 Å². The highest BCUT2D eigenvalue weighted by molar-refractivity contribution is 5.84. The van der Waals surface area contributed by atoms with Crippen LogP contribution in [-0.4, -0.2) is 28.9 Å². The molecular weight excluding hydrogens is 286 g/mol. The minimum atomic E-state index is -1.16. The maximum absolute atomic E-state index is 11.7. The van der Waals surface area contributed by atoms with Crippen LogP contribution >= 0.6 is 0 Å². The lowest BCUT2D eigenvalue weighted by atomic mass is 10.1. The summed E-state index contributed by atoms with van der Waals surface area (Å²) in [6, 6.07) is 4.73. The van der Waals surface area contributed by atoms with Gasteiger partial charge in [-0.15, -0.1) is 0 Å². The fourth-order valence-electron chi connectivity index (χ4n) is 1.97. The third kappa shape index (κ3) is 7.37. The molecule has 7 heteroatoms. The van der Waals surface area contributed by atoms with Crippen molar-refractivity contribution in [3.63, 3.8) is 0 Å².